The molecule has 0 saturated carbocycles. The number of benzene rings is 1. The number of hydrogen-bond acceptors (Lipinski definition) is 5. The van der Waals surface area contributed by atoms with Gasteiger partial charge in [-0.1, -0.05) is 6.07 Å². The standard InChI is InChI=1S/C19H23N3O3/c1-24-16-4-6-17(7-5-16)25-12-8-19(23)22-11-10-21-14-18(22)15-3-2-9-20-13-15/h2-7,9,13,18,21H,8,10-12,14H2,1H3. The van der Waals surface area contributed by atoms with Crippen LogP contribution in [0.4, 0.5) is 0 Å². The molecule has 3 rings (SSSR count). The minimum atomic E-state index is 0.0240. The van der Waals surface area contributed by atoms with Crippen LogP contribution in [0, 0.1) is 0 Å². The lowest BCUT2D eigenvalue weighted by Crippen LogP contribution is -2.49. The summed E-state index contributed by atoms with van der Waals surface area (Å²) >= 11 is 0. The lowest BCUT2D eigenvalue weighted by molar-refractivity contribution is -0.135. The summed E-state index contributed by atoms with van der Waals surface area (Å²) in [5, 5.41) is 3.35. The monoisotopic (exact) mass is 341 g/mol. The van der Waals surface area contributed by atoms with Gasteiger partial charge >= 0.3 is 0 Å². The van der Waals surface area contributed by atoms with E-state index in [0.717, 1.165) is 30.2 Å². The van der Waals surface area contributed by atoms with Crippen molar-refractivity contribution in [3.63, 3.8) is 0 Å². The van der Waals surface area contributed by atoms with Crippen molar-refractivity contribution in [1.29, 1.82) is 0 Å². The van der Waals surface area contributed by atoms with Crippen LogP contribution in [0.25, 0.3) is 0 Å². The number of carbonyl (C=O) groups is 1. The van der Waals surface area contributed by atoms with Gasteiger partial charge in [-0.2, -0.15) is 0 Å². The quantitative estimate of drug-likeness (QED) is 0.871. The second-order valence-corrected chi connectivity index (χ2v) is 5.87. The van der Waals surface area contributed by atoms with Crippen molar-refractivity contribution in [2.24, 2.45) is 0 Å². The fourth-order valence-corrected chi connectivity index (χ4v) is 2.95. The van der Waals surface area contributed by atoms with Gasteiger partial charge < -0.3 is 19.7 Å². The maximum absolute atomic E-state index is 12.7. The van der Waals surface area contributed by atoms with E-state index in [4.69, 9.17) is 9.47 Å². The molecule has 1 aliphatic rings. The van der Waals surface area contributed by atoms with Crippen LogP contribution >= 0.6 is 0 Å². The Balaban J connectivity index is 1.55. The van der Waals surface area contributed by atoms with Crippen LogP contribution in [0.5, 0.6) is 11.5 Å². The van der Waals surface area contributed by atoms with Crippen molar-refractivity contribution in [3.05, 3.63) is 54.4 Å². The maximum atomic E-state index is 12.7. The Morgan fingerprint density at radius 3 is 2.80 bits per heavy atom. The van der Waals surface area contributed by atoms with E-state index in [1.54, 1.807) is 13.3 Å². The Bertz CT molecular complexity index is 676. The summed E-state index contributed by atoms with van der Waals surface area (Å²) in [6, 6.07) is 11.3. The first-order chi connectivity index (χ1) is 12.3. The molecule has 1 amide bonds. The van der Waals surface area contributed by atoms with Gasteiger partial charge in [0.05, 0.1) is 26.2 Å². The summed E-state index contributed by atoms with van der Waals surface area (Å²) in [6.45, 7) is 2.61. The van der Waals surface area contributed by atoms with Gasteiger partial charge in [-0.25, -0.2) is 0 Å². The predicted octanol–water partition coefficient (Wildman–Crippen LogP) is 2.03. The maximum Gasteiger partial charge on any atom is 0.226 e. The molecule has 1 aromatic heterocycles. The van der Waals surface area contributed by atoms with Gasteiger partial charge in [-0.05, 0) is 35.9 Å². The normalized spacial score (nSPS) is 17.2. The van der Waals surface area contributed by atoms with Crippen molar-refractivity contribution < 1.29 is 14.3 Å². The second kappa shape index (κ2) is 8.48. The first kappa shape index (κ1) is 17.2. The van der Waals surface area contributed by atoms with Gasteiger partial charge in [-0.15, -0.1) is 0 Å². The van der Waals surface area contributed by atoms with E-state index in [0.29, 0.717) is 19.6 Å². The number of nitrogens with zero attached hydrogens (tertiary/aromatic N) is 2. The molecule has 0 aliphatic carbocycles. The number of ether oxygens (including phenoxy) is 2. The van der Waals surface area contributed by atoms with E-state index in [1.807, 2.05) is 47.5 Å². The van der Waals surface area contributed by atoms with Crippen LogP contribution in [-0.2, 0) is 4.79 Å². The highest BCUT2D eigenvalue weighted by Crippen LogP contribution is 2.22. The Kier molecular flexibility index (Phi) is 5.85. The van der Waals surface area contributed by atoms with Crippen molar-refractivity contribution >= 4 is 5.91 Å². The number of carbonyl (C=O) groups excluding carboxylic acids is 1. The molecule has 0 radical (unpaired) electrons. The van der Waals surface area contributed by atoms with E-state index in [1.165, 1.54) is 0 Å². The molecule has 1 aromatic carbocycles. The highest BCUT2D eigenvalue weighted by molar-refractivity contribution is 5.77. The molecule has 6 nitrogen and oxygen atoms in total. The van der Waals surface area contributed by atoms with Crippen LogP contribution in [0.2, 0.25) is 0 Å². The minimum Gasteiger partial charge on any atom is -0.497 e. The third kappa shape index (κ3) is 4.48. The molecule has 2 aromatic rings. The number of aromatic nitrogens is 1. The number of nitrogens with one attached hydrogen (secondary N) is 1. The molecular formula is C19H23N3O3. The summed E-state index contributed by atoms with van der Waals surface area (Å²) in [5.74, 6) is 1.62. The zero-order valence-electron chi connectivity index (χ0n) is 14.4. The van der Waals surface area contributed by atoms with Gasteiger partial charge in [0.1, 0.15) is 11.5 Å². The summed E-state index contributed by atoms with van der Waals surface area (Å²) in [4.78, 5) is 18.7. The topological polar surface area (TPSA) is 63.7 Å². The highest BCUT2D eigenvalue weighted by atomic mass is 16.5. The molecule has 2 heterocycles. The Labute approximate surface area is 147 Å². The van der Waals surface area contributed by atoms with Gasteiger partial charge in [0.15, 0.2) is 0 Å². The van der Waals surface area contributed by atoms with Crippen molar-refractivity contribution in [2.45, 2.75) is 12.5 Å². The Morgan fingerprint density at radius 2 is 2.08 bits per heavy atom. The average molecular weight is 341 g/mol. The number of rotatable bonds is 6. The molecule has 1 aliphatic heterocycles. The van der Waals surface area contributed by atoms with Crippen molar-refractivity contribution in [1.82, 2.24) is 15.2 Å². The first-order valence-corrected chi connectivity index (χ1v) is 8.45. The SMILES string of the molecule is COc1ccc(OCCC(=O)N2CCNCC2c2cccnc2)cc1. The average Bonchev–Trinajstić information content (AvgIpc) is 2.69. The van der Waals surface area contributed by atoms with Crippen LogP contribution < -0.4 is 14.8 Å². The Hall–Kier alpha value is -2.60. The zero-order valence-corrected chi connectivity index (χ0v) is 14.4. The third-order valence-corrected chi connectivity index (χ3v) is 4.28. The summed E-state index contributed by atoms with van der Waals surface area (Å²) in [5.41, 5.74) is 1.05. The lowest BCUT2D eigenvalue weighted by atomic mass is 10.0. The van der Waals surface area contributed by atoms with Crippen molar-refractivity contribution in [3.8, 4) is 11.5 Å². The molecule has 0 spiro atoms. The molecule has 1 saturated heterocycles. The van der Waals surface area contributed by atoms with Crippen LogP contribution in [0.15, 0.2) is 48.8 Å². The number of hydrogen-bond donors (Lipinski definition) is 1. The predicted molar refractivity (Wildman–Crippen MR) is 94.7 cm³/mol. The third-order valence-electron chi connectivity index (χ3n) is 4.28. The summed E-state index contributed by atoms with van der Waals surface area (Å²) in [6.07, 6.45) is 3.92. The van der Waals surface area contributed by atoms with Crippen LogP contribution in [0.1, 0.15) is 18.0 Å². The van der Waals surface area contributed by atoms with Gasteiger partial charge in [-0.3, -0.25) is 9.78 Å². The largest absolute Gasteiger partial charge is 0.497 e. The van der Waals surface area contributed by atoms with E-state index >= 15 is 0 Å². The van der Waals surface area contributed by atoms with E-state index < -0.39 is 0 Å². The number of amides is 1. The van der Waals surface area contributed by atoms with Gasteiger partial charge in [0.25, 0.3) is 0 Å². The van der Waals surface area contributed by atoms with Gasteiger partial charge in [0.2, 0.25) is 5.91 Å². The molecule has 0 bridgehead atoms. The van der Waals surface area contributed by atoms with Crippen LogP contribution in [-0.4, -0.2) is 49.1 Å². The van der Waals surface area contributed by atoms with Crippen LogP contribution in [0.3, 0.4) is 0 Å². The van der Waals surface area contributed by atoms with E-state index in [-0.39, 0.29) is 11.9 Å². The summed E-state index contributed by atoms with van der Waals surface area (Å²) in [7, 11) is 1.63. The summed E-state index contributed by atoms with van der Waals surface area (Å²) < 4.78 is 10.8. The van der Waals surface area contributed by atoms with Gasteiger partial charge in [0, 0.05) is 32.0 Å². The minimum absolute atomic E-state index is 0.0240. The number of piperazine rings is 1. The molecule has 1 atom stereocenters. The number of methoxy groups -OCH3 is 1. The zero-order chi connectivity index (χ0) is 17.5. The molecule has 25 heavy (non-hydrogen) atoms. The molecular weight excluding hydrogens is 318 g/mol. The van der Waals surface area contributed by atoms with E-state index in [2.05, 4.69) is 10.3 Å². The lowest BCUT2D eigenvalue weighted by Gasteiger charge is -2.36. The molecule has 6 heteroatoms. The molecule has 132 valence electrons. The Morgan fingerprint density at radius 1 is 1.28 bits per heavy atom. The molecule has 1 unspecified atom stereocenters. The fourth-order valence-electron chi connectivity index (χ4n) is 2.95. The molecule has 1 N–H and O–H groups in total. The van der Waals surface area contributed by atoms with E-state index in [9.17, 15) is 4.79 Å². The van der Waals surface area contributed by atoms with Crippen molar-refractivity contribution in [2.75, 3.05) is 33.4 Å². The highest BCUT2D eigenvalue weighted by Gasteiger charge is 2.27. The second-order valence-electron chi connectivity index (χ2n) is 5.87. The smallest absolute Gasteiger partial charge is 0.226 e. The first-order valence-electron chi connectivity index (χ1n) is 8.45. The molecule has 1 fully saturated rings. The fraction of sp³-hybridized carbons (Fsp3) is 0.368. The number of pyridine rings is 1.